The Kier molecular flexibility index (Phi) is 3.02. The molecule has 0 saturated heterocycles. The molecule has 2 rings (SSSR count). The number of hydrogen-bond acceptors (Lipinski definition) is 1. The number of hydrogen-bond donors (Lipinski definition) is 0. The third kappa shape index (κ3) is 1.56. The highest BCUT2D eigenvalue weighted by molar-refractivity contribution is 9.09. The summed E-state index contributed by atoms with van der Waals surface area (Å²) in [6.45, 7) is 0. The van der Waals surface area contributed by atoms with Crippen molar-refractivity contribution >= 4 is 27.5 Å². The van der Waals surface area contributed by atoms with Gasteiger partial charge in [-0.1, -0.05) is 34.1 Å². The van der Waals surface area contributed by atoms with Crippen molar-refractivity contribution in [2.24, 2.45) is 0 Å². The summed E-state index contributed by atoms with van der Waals surface area (Å²) in [6, 6.07) is 7.07. The fourth-order valence-corrected chi connectivity index (χ4v) is 2.42. The number of nitrogens with zero attached hydrogens (tertiary/aromatic N) is 1. The fourth-order valence-electron chi connectivity index (χ4n) is 2.14. The first-order valence-electron chi connectivity index (χ1n) is 5.24. The number of para-hydroxylation sites is 1. The van der Waals surface area contributed by atoms with E-state index in [-0.39, 0.29) is 6.42 Å². The van der Waals surface area contributed by atoms with Crippen LogP contribution in [0.4, 0.5) is 10.1 Å². The molecule has 0 radical (unpaired) electrons. The SMILES string of the molecule is CN1C(=O)C(F)(CCCBr)c2ccccc21. The Morgan fingerprint density at radius 3 is 2.81 bits per heavy atom. The first kappa shape index (κ1) is 11.6. The molecule has 1 aromatic carbocycles. The number of carbonyl (C=O) groups is 1. The van der Waals surface area contributed by atoms with Gasteiger partial charge in [0, 0.05) is 17.9 Å². The van der Waals surface area contributed by atoms with Crippen molar-refractivity contribution in [1.82, 2.24) is 0 Å². The Balaban J connectivity index is 2.43. The predicted octanol–water partition coefficient (Wildman–Crippen LogP) is 3.00. The minimum atomic E-state index is -1.83. The number of carbonyl (C=O) groups excluding carboxylic acids is 1. The van der Waals surface area contributed by atoms with Gasteiger partial charge in [-0.15, -0.1) is 0 Å². The van der Waals surface area contributed by atoms with Gasteiger partial charge in [0.15, 0.2) is 0 Å². The molecular weight excluding hydrogens is 273 g/mol. The molecule has 0 bridgehead atoms. The van der Waals surface area contributed by atoms with Crippen molar-refractivity contribution in [2.45, 2.75) is 18.5 Å². The number of anilines is 1. The summed E-state index contributed by atoms with van der Waals surface area (Å²) in [5.41, 5.74) is -0.646. The fraction of sp³-hybridized carbons (Fsp3) is 0.417. The standard InChI is InChI=1S/C12H13BrFNO/c1-15-10-6-3-2-5-9(10)12(14,11(15)16)7-4-8-13/h2-3,5-6H,4,7-8H2,1H3. The maximum atomic E-state index is 14.7. The molecule has 4 heteroatoms. The van der Waals surface area contributed by atoms with Gasteiger partial charge in [0.2, 0.25) is 5.67 Å². The molecule has 86 valence electrons. The zero-order valence-corrected chi connectivity index (χ0v) is 10.6. The van der Waals surface area contributed by atoms with Crippen LogP contribution in [0.1, 0.15) is 18.4 Å². The van der Waals surface area contributed by atoms with Gasteiger partial charge >= 0.3 is 0 Å². The van der Waals surface area contributed by atoms with Gasteiger partial charge in [-0.05, 0) is 18.9 Å². The van der Waals surface area contributed by atoms with Crippen molar-refractivity contribution < 1.29 is 9.18 Å². The van der Waals surface area contributed by atoms with Crippen LogP contribution in [0.2, 0.25) is 0 Å². The highest BCUT2D eigenvalue weighted by Crippen LogP contribution is 2.44. The van der Waals surface area contributed by atoms with Gasteiger partial charge in [-0.3, -0.25) is 4.79 Å². The zero-order valence-electron chi connectivity index (χ0n) is 9.04. The van der Waals surface area contributed by atoms with Crippen molar-refractivity contribution in [2.75, 3.05) is 17.3 Å². The van der Waals surface area contributed by atoms with Crippen LogP contribution in [0.3, 0.4) is 0 Å². The third-order valence-electron chi connectivity index (χ3n) is 2.99. The van der Waals surface area contributed by atoms with E-state index in [2.05, 4.69) is 15.9 Å². The topological polar surface area (TPSA) is 20.3 Å². The van der Waals surface area contributed by atoms with Crippen LogP contribution in [0, 0.1) is 0 Å². The largest absolute Gasteiger partial charge is 0.312 e. The summed E-state index contributed by atoms with van der Waals surface area (Å²) in [5, 5.41) is 0.706. The lowest BCUT2D eigenvalue weighted by atomic mass is 9.93. The van der Waals surface area contributed by atoms with Crippen LogP contribution in [-0.4, -0.2) is 18.3 Å². The quantitative estimate of drug-likeness (QED) is 0.782. The van der Waals surface area contributed by atoms with Crippen LogP contribution in [0.15, 0.2) is 24.3 Å². The van der Waals surface area contributed by atoms with Gasteiger partial charge in [0.1, 0.15) is 0 Å². The van der Waals surface area contributed by atoms with Gasteiger partial charge < -0.3 is 4.90 Å². The maximum Gasteiger partial charge on any atom is 0.269 e. The highest BCUT2D eigenvalue weighted by Gasteiger charge is 2.49. The molecular formula is C12H13BrFNO. The molecule has 1 heterocycles. The summed E-state index contributed by atoms with van der Waals surface area (Å²) >= 11 is 3.26. The van der Waals surface area contributed by atoms with Crippen LogP contribution in [-0.2, 0) is 10.5 Å². The normalized spacial score (nSPS) is 23.7. The number of fused-ring (bicyclic) bond motifs is 1. The van der Waals surface area contributed by atoms with Gasteiger partial charge in [0.05, 0.1) is 5.69 Å². The number of halogens is 2. The monoisotopic (exact) mass is 285 g/mol. The smallest absolute Gasteiger partial charge is 0.269 e. The van der Waals surface area contributed by atoms with Crippen molar-refractivity contribution in [3.05, 3.63) is 29.8 Å². The Bertz CT molecular complexity index is 423. The molecule has 1 aliphatic heterocycles. The van der Waals surface area contributed by atoms with E-state index in [0.29, 0.717) is 23.0 Å². The lowest BCUT2D eigenvalue weighted by molar-refractivity contribution is -0.129. The number of likely N-dealkylation sites (N-methyl/N-ethyl adjacent to an activating group) is 1. The number of alkyl halides is 2. The van der Waals surface area contributed by atoms with Gasteiger partial charge in [-0.2, -0.15) is 0 Å². The minimum Gasteiger partial charge on any atom is -0.312 e. The Hall–Kier alpha value is -0.900. The first-order chi connectivity index (χ1) is 7.61. The van der Waals surface area contributed by atoms with Gasteiger partial charge in [-0.25, -0.2) is 4.39 Å². The van der Waals surface area contributed by atoms with Crippen LogP contribution >= 0.6 is 15.9 Å². The average Bonchev–Trinajstić information content (AvgIpc) is 2.51. The lowest BCUT2D eigenvalue weighted by Gasteiger charge is -2.18. The molecule has 1 amide bonds. The van der Waals surface area contributed by atoms with E-state index in [4.69, 9.17) is 0 Å². The number of rotatable bonds is 3. The summed E-state index contributed by atoms with van der Waals surface area (Å²) in [4.78, 5) is 13.3. The lowest BCUT2D eigenvalue weighted by Crippen LogP contribution is -2.35. The highest BCUT2D eigenvalue weighted by atomic mass is 79.9. The minimum absolute atomic E-state index is 0.235. The second-order valence-corrected chi connectivity index (χ2v) is 4.77. The van der Waals surface area contributed by atoms with E-state index in [1.807, 2.05) is 6.07 Å². The van der Waals surface area contributed by atoms with Gasteiger partial charge in [0.25, 0.3) is 5.91 Å². The van der Waals surface area contributed by atoms with E-state index < -0.39 is 11.6 Å². The second-order valence-electron chi connectivity index (χ2n) is 3.98. The molecule has 0 aromatic heterocycles. The Labute approximate surface area is 103 Å². The number of benzene rings is 1. The Morgan fingerprint density at radius 2 is 2.12 bits per heavy atom. The summed E-state index contributed by atoms with van der Waals surface area (Å²) in [5.74, 6) is -0.449. The van der Waals surface area contributed by atoms with Crippen LogP contribution in [0.5, 0.6) is 0 Å². The third-order valence-corrected chi connectivity index (χ3v) is 3.55. The van der Waals surface area contributed by atoms with Crippen LogP contribution < -0.4 is 4.90 Å². The summed E-state index contributed by atoms with van der Waals surface area (Å²) in [7, 11) is 1.62. The molecule has 1 aliphatic rings. The molecule has 1 aromatic rings. The molecule has 2 nitrogen and oxygen atoms in total. The molecule has 1 atom stereocenters. The van der Waals surface area contributed by atoms with E-state index >= 15 is 0 Å². The van der Waals surface area contributed by atoms with E-state index in [1.165, 1.54) is 4.90 Å². The maximum absolute atomic E-state index is 14.7. The molecule has 16 heavy (non-hydrogen) atoms. The first-order valence-corrected chi connectivity index (χ1v) is 6.36. The molecule has 0 spiro atoms. The zero-order chi connectivity index (χ0) is 11.8. The molecule has 0 saturated carbocycles. The molecule has 0 fully saturated rings. The summed E-state index contributed by atoms with van der Waals surface area (Å²) in [6.07, 6.45) is 0.878. The molecule has 1 unspecified atom stereocenters. The molecule has 0 aliphatic carbocycles. The number of amides is 1. The Morgan fingerprint density at radius 1 is 1.44 bits per heavy atom. The second kappa shape index (κ2) is 4.17. The van der Waals surface area contributed by atoms with Crippen LogP contribution in [0.25, 0.3) is 0 Å². The average molecular weight is 286 g/mol. The van der Waals surface area contributed by atoms with E-state index in [0.717, 1.165) is 0 Å². The van der Waals surface area contributed by atoms with Crippen molar-refractivity contribution in [3.8, 4) is 0 Å². The van der Waals surface area contributed by atoms with Crippen molar-refractivity contribution in [1.29, 1.82) is 0 Å². The van der Waals surface area contributed by atoms with Crippen molar-refractivity contribution in [3.63, 3.8) is 0 Å². The predicted molar refractivity (Wildman–Crippen MR) is 65.7 cm³/mol. The summed E-state index contributed by atoms with van der Waals surface area (Å²) < 4.78 is 14.7. The van der Waals surface area contributed by atoms with E-state index in [9.17, 15) is 9.18 Å². The molecule has 0 N–H and O–H groups in total. The van der Waals surface area contributed by atoms with E-state index in [1.54, 1.807) is 25.2 Å².